The molecular weight excluding hydrogens is 234 g/mol. The van der Waals surface area contributed by atoms with Gasteiger partial charge in [0.2, 0.25) is 0 Å². The Morgan fingerprint density at radius 2 is 1.33 bits per heavy atom. The molecule has 0 amide bonds. The zero-order chi connectivity index (χ0) is 13.0. The smallest absolute Gasteiger partial charge is 0.273 e. The first-order valence-corrected chi connectivity index (χ1v) is 5.40. The molecule has 1 N–H and O–H groups in total. The number of rotatable bonds is 3. The summed E-state index contributed by atoms with van der Waals surface area (Å²) >= 11 is 0. The van der Waals surface area contributed by atoms with Gasteiger partial charge in [-0.15, -0.1) is 0 Å². The topological polar surface area (TPSA) is 21.4 Å². The maximum Gasteiger partial charge on any atom is 0.347 e. The highest BCUT2D eigenvalue weighted by Gasteiger charge is 2.07. The Morgan fingerprint density at radius 3 is 1.89 bits per heavy atom. The lowest BCUT2D eigenvalue weighted by molar-refractivity contribution is 0.627. The second-order valence-electron chi connectivity index (χ2n) is 3.78. The van der Waals surface area contributed by atoms with Crippen molar-refractivity contribution in [1.29, 1.82) is 0 Å². The molecule has 90 valence electrons. The number of ketones is 1. The van der Waals surface area contributed by atoms with Crippen molar-refractivity contribution < 1.29 is 13.6 Å². The predicted molar refractivity (Wildman–Crippen MR) is 67.9 cm³/mol. The fraction of sp³-hybridized carbons (Fsp3) is 0. The SMILES string of the molecule is [OH+]=C(/C=C/c1ccc(F)cc1)c1ccc(F)cc1. The van der Waals surface area contributed by atoms with E-state index in [2.05, 4.69) is 0 Å². The van der Waals surface area contributed by atoms with Crippen LogP contribution in [0.1, 0.15) is 11.1 Å². The van der Waals surface area contributed by atoms with Crippen LogP contribution in [0.15, 0.2) is 54.6 Å². The molecule has 0 aliphatic rings. The van der Waals surface area contributed by atoms with Gasteiger partial charge < -0.3 is 0 Å². The molecule has 2 aromatic rings. The van der Waals surface area contributed by atoms with E-state index in [1.165, 1.54) is 42.5 Å². The molecule has 0 heterocycles. The van der Waals surface area contributed by atoms with Crippen LogP contribution >= 0.6 is 0 Å². The molecule has 0 aromatic heterocycles. The molecule has 0 fully saturated rings. The van der Waals surface area contributed by atoms with Crippen LogP contribution in [-0.4, -0.2) is 10.6 Å². The standard InChI is InChI=1S/C15H10F2O/c16-13-6-1-11(2-7-13)3-10-15(18)12-4-8-14(17)9-5-12/h1-10H/p+1/b10-3+. The van der Waals surface area contributed by atoms with E-state index < -0.39 is 0 Å². The summed E-state index contributed by atoms with van der Waals surface area (Å²) in [6.45, 7) is 0. The monoisotopic (exact) mass is 245 g/mol. The van der Waals surface area contributed by atoms with Crippen molar-refractivity contribution in [3.8, 4) is 0 Å². The molecule has 0 bridgehead atoms. The van der Waals surface area contributed by atoms with Gasteiger partial charge in [0, 0.05) is 6.08 Å². The quantitative estimate of drug-likeness (QED) is 0.448. The maximum atomic E-state index is 12.7. The molecule has 0 atom stereocenters. The van der Waals surface area contributed by atoms with Crippen LogP contribution in [0.2, 0.25) is 0 Å². The van der Waals surface area contributed by atoms with Gasteiger partial charge in [0.15, 0.2) is 0 Å². The lowest BCUT2D eigenvalue weighted by Crippen LogP contribution is -1.95. The van der Waals surface area contributed by atoms with Crippen LogP contribution in [-0.2, 0) is 0 Å². The summed E-state index contributed by atoms with van der Waals surface area (Å²) < 4.78 is 25.4. The van der Waals surface area contributed by atoms with Gasteiger partial charge in [-0.2, -0.15) is 0 Å². The van der Waals surface area contributed by atoms with Crippen LogP contribution in [0.3, 0.4) is 0 Å². The average Bonchev–Trinajstić information content (AvgIpc) is 2.38. The number of carbonyl (C=O) groups excluding carboxylic acids is 1. The number of hydrogen-bond donors (Lipinski definition) is 0. The largest absolute Gasteiger partial charge is 0.347 e. The lowest BCUT2D eigenvalue weighted by Gasteiger charge is -1.92. The Morgan fingerprint density at radius 1 is 0.833 bits per heavy atom. The van der Waals surface area contributed by atoms with Crippen LogP contribution in [0.5, 0.6) is 0 Å². The van der Waals surface area contributed by atoms with Gasteiger partial charge in [0.1, 0.15) is 11.6 Å². The van der Waals surface area contributed by atoms with Gasteiger partial charge in [-0.1, -0.05) is 12.1 Å². The summed E-state index contributed by atoms with van der Waals surface area (Å²) in [5.74, 6) is -0.632. The molecule has 3 heteroatoms. The van der Waals surface area contributed by atoms with E-state index in [1.54, 1.807) is 18.2 Å². The third-order valence-electron chi connectivity index (χ3n) is 2.44. The van der Waals surface area contributed by atoms with E-state index in [4.69, 9.17) is 0 Å². The van der Waals surface area contributed by atoms with Gasteiger partial charge >= 0.3 is 5.78 Å². The zero-order valence-corrected chi connectivity index (χ0v) is 9.48. The van der Waals surface area contributed by atoms with E-state index in [1.807, 2.05) is 0 Å². The fourth-order valence-electron chi connectivity index (χ4n) is 1.47. The summed E-state index contributed by atoms with van der Waals surface area (Å²) in [6.07, 6.45) is 3.14. The van der Waals surface area contributed by atoms with Crippen molar-refractivity contribution in [1.82, 2.24) is 0 Å². The van der Waals surface area contributed by atoms with E-state index in [9.17, 15) is 13.6 Å². The second-order valence-corrected chi connectivity index (χ2v) is 3.78. The van der Waals surface area contributed by atoms with Crippen LogP contribution in [0.4, 0.5) is 8.78 Å². The number of hydrogen-bond acceptors (Lipinski definition) is 0. The van der Waals surface area contributed by atoms with Crippen molar-refractivity contribution in [2.24, 2.45) is 0 Å². The molecule has 0 saturated heterocycles. The highest BCUT2D eigenvalue weighted by molar-refractivity contribution is 6.07. The molecule has 0 unspecified atom stereocenters. The van der Waals surface area contributed by atoms with Crippen LogP contribution < -0.4 is 0 Å². The van der Waals surface area contributed by atoms with Crippen LogP contribution in [0.25, 0.3) is 6.08 Å². The average molecular weight is 245 g/mol. The Kier molecular flexibility index (Phi) is 3.63. The van der Waals surface area contributed by atoms with E-state index in [0.717, 1.165) is 5.56 Å². The highest BCUT2D eigenvalue weighted by atomic mass is 19.1. The number of halogens is 2. The van der Waals surface area contributed by atoms with Crippen molar-refractivity contribution in [2.75, 3.05) is 0 Å². The molecule has 1 nitrogen and oxygen atoms in total. The summed E-state index contributed by atoms with van der Waals surface area (Å²) in [7, 11) is 0. The molecule has 2 aromatic carbocycles. The first kappa shape index (κ1) is 12.2. The fourth-order valence-corrected chi connectivity index (χ4v) is 1.47. The molecule has 0 saturated carbocycles. The van der Waals surface area contributed by atoms with Crippen LogP contribution in [0, 0.1) is 11.6 Å². The summed E-state index contributed by atoms with van der Waals surface area (Å²) in [5, 5.41) is 0. The molecule has 18 heavy (non-hydrogen) atoms. The maximum absolute atomic E-state index is 12.7. The minimum absolute atomic E-state index is 0.0272. The van der Waals surface area contributed by atoms with E-state index in [-0.39, 0.29) is 17.4 Å². The Bertz CT molecular complexity index is 568. The van der Waals surface area contributed by atoms with Crippen molar-refractivity contribution >= 4 is 11.9 Å². The first-order valence-electron chi connectivity index (χ1n) is 5.40. The molecular formula is C15H11F2O+. The van der Waals surface area contributed by atoms with Crippen molar-refractivity contribution in [3.05, 3.63) is 77.4 Å². The van der Waals surface area contributed by atoms with E-state index >= 15 is 0 Å². The van der Waals surface area contributed by atoms with E-state index in [0.29, 0.717) is 5.56 Å². The van der Waals surface area contributed by atoms with Gasteiger partial charge in [-0.3, -0.25) is 4.79 Å². The van der Waals surface area contributed by atoms with Crippen molar-refractivity contribution in [2.45, 2.75) is 0 Å². The lowest BCUT2D eigenvalue weighted by atomic mass is 10.1. The Labute approximate surface area is 103 Å². The normalized spacial score (nSPS) is 10.8. The Hall–Kier alpha value is -2.29. The molecule has 2 rings (SSSR count). The third kappa shape index (κ3) is 3.10. The third-order valence-corrected chi connectivity index (χ3v) is 2.44. The minimum atomic E-state index is -0.353. The summed E-state index contributed by atoms with van der Waals surface area (Å²) in [4.78, 5) is 9.76. The molecule has 0 radical (unpaired) electrons. The highest BCUT2D eigenvalue weighted by Crippen LogP contribution is 2.07. The predicted octanol–water partition coefficient (Wildman–Crippen LogP) is 3.57. The zero-order valence-electron chi connectivity index (χ0n) is 9.48. The minimum Gasteiger partial charge on any atom is -0.273 e. The second kappa shape index (κ2) is 5.36. The molecule has 0 aliphatic carbocycles. The van der Waals surface area contributed by atoms with Gasteiger partial charge in [-0.05, 0) is 48.0 Å². The van der Waals surface area contributed by atoms with Gasteiger partial charge in [-0.25, -0.2) is 8.78 Å². The molecule has 0 aliphatic heterocycles. The van der Waals surface area contributed by atoms with Crippen molar-refractivity contribution in [3.63, 3.8) is 0 Å². The van der Waals surface area contributed by atoms with Gasteiger partial charge in [0.25, 0.3) is 0 Å². The number of benzene rings is 2. The summed E-state index contributed by atoms with van der Waals surface area (Å²) in [5.41, 5.74) is 1.29. The summed E-state index contributed by atoms with van der Waals surface area (Å²) in [6, 6.07) is 11.4. The first-order chi connectivity index (χ1) is 8.65. The number of allylic oxidation sites excluding steroid dienone is 1. The Balaban J connectivity index is 2.11. The van der Waals surface area contributed by atoms with Gasteiger partial charge in [0.05, 0.1) is 5.56 Å². The molecule has 0 spiro atoms.